The first-order valence-electron chi connectivity index (χ1n) is 5.98. The average molecular weight is 274 g/mol. The van der Waals surface area contributed by atoms with Gasteiger partial charge in [0.2, 0.25) is 0 Å². The molecule has 0 aliphatic rings. The van der Waals surface area contributed by atoms with E-state index in [1.165, 1.54) is 6.08 Å². The van der Waals surface area contributed by atoms with E-state index in [0.29, 0.717) is 10.5 Å². The summed E-state index contributed by atoms with van der Waals surface area (Å²) < 4.78 is 25.9. The molecule has 0 radical (unpaired) electrons. The van der Waals surface area contributed by atoms with E-state index in [1.54, 1.807) is 24.3 Å². The molecule has 0 saturated heterocycles. The average Bonchev–Trinajstić information content (AvgIpc) is 2.41. The molecule has 1 nitrogen and oxygen atoms in total. The molecule has 98 valence electrons. The fourth-order valence-electron chi connectivity index (χ4n) is 1.62. The van der Waals surface area contributed by atoms with Crippen LogP contribution in [0.2, 0.25) is 0 Å². The summed E-state index contributed by atoms with van der Waals surface area (Å²) in [5.74, 6) is 0. The Morgan fingerprint density at radius 1 is 0.947 bits per heavy atom. The molecule has 1 atom stereocenters. The zero-order valence-electron chi connectivity index (χ0n) is 10.9. The molecule has 0 spiro atoms. The summed E-state index contributed by atoms with van der Waals surface area (Å²) in [7, 11) is -1.75. The molecule has 2 aromatic rings. The quantitative estimate of drug-likeness (QED) is 0.811. The smallest absolute Gasteiger partial charge is 0.192 e. The Kier molecular flexibility index (Phi) is 4.27. The Bertz CT molecular complexity index is 612. The molecular weight excluding hydrogens is 259 g/mol. The Morgan fingerprint density at radius 2 is 1.42 bits per heavy atom. The maximum Gasteiger partial charge on any atom is 0.192 e. The number of hydrogen-bond acceptors (Lipinski definition) is 1. The predicted molar refractivity (Wildman–Crippen MR) is 77.9 cm³/mol. The van der Waals surface area contributed by atoms with E-state index in [0.717, 1.165) is 11.1 Å². The van der Waals surface area contributed by atoms with Crippen molar-refractivity contribution in [1.29, 1.82) is 0 Å². The molecule has 0 amide bonds. The molecule has 19 heavy (non-hydrogen) atoms. The van der Waals surface area contributed by atoms with Crippen LogP contribution >= 0.6 is 0 Å². The molecule has 0 fully saturated rings. The van der Waals surface area contributed by atoms with Crippen molar-refractivity contribution in [3.05, 3.63) is 70.4 Å². The van der Waals surface area contributed by atoms with Crippen LogP contribution in [0.1, 0.15) is 16.7 Å². The fourth-order valence-corrected chi connectivity index (χ4v) is 2.47. The van der Waals surface area contributed by atoms with E-state index < -0.39 is 16.0 Å². The summed E-state index contributed by atoms with van der Waals surface area (Å²) in [6, 6.07) is 14.4. The topological polar surface area (TPSA) is 17.1 Å². The lowest BCUT2D eigenvalue weighted by Crippen LogP contribution is -1.92. The van der Waals surface area contributed by atoms with E-state index in [1.807, 2.05) is 38.1 Å². The number of rotatable bonds is 3. The van der Waals surface area contributed by atoms with Crippen LogP contribution in [0, 0.1) is 13.8 Å². The highest BCUT2D eigenvalue weighted by Crippen LogP contribution is 2.19. The van der Waals surface area contributed by atoms with Gasteiger partial charge >= 0.3 is 0 Å². The molecular formula is C16H15FOS. The lowest BCUT2D eigenvalue weighted by atomic mass is 10.1. The Hall–Kier alpha value is -1.74. The van der Waals surface area contributed by atoms with Crippen LogP contribution in [0.5, 0.6) is 0 Å². The Labute approximate surface area is 115 Å². The third kappa shape index (κ3) is 3.61. The molecule has 3 heteroatoms. The highest BCUT2D eigenvalue weighted by Gasteiger charge is 2.09. The SMILES string of the molecule is Cc1ccc(/C=C(\F)S(=O)c2ccc(C)cc2)cc1. The van der Waals surface area contributed by atoms with E-state index >= 15 is 0 Å². The summed E-state index contributed by atoms with van der Waals surface area (Å²) in [4.78, 5) is 0.478. The molecule has 0 saturated carbocycles. The summed E-state index contributed by atoms with van der Waals surface area (Å²) in [6.45, 7) is 3.90. The van der Waals surface area contributed by atoms with Crippen molar-refractivity contribution in [1.82, 2.24) is 0 Å². The van der Waals surface area contributed by atoms with Crippen LogP contribution < -0.4 is 0 Å². The van der Waals surface area contributed by atoms with Crippen molar-refractivity contribution in [2.24, 2.45) is 0 Å². The predicted octanol–water partition coefficient (Wildman–Crippen LogP) is 4.38. The van der Waals surface area contributed by atoms with Gasteiger partial charge in [0.1, 0.15) is 10.8 Å². The maximum absolute atomic E-state index is 13.9. The van der Waals surface area contributed by atoms with Crippen molar-refractivity contribution in [3.8, 4) is 0 Å². The third-order valence-electron chi connectivity index (χ3n) is 2.77. The van der Waals surface area contributed by atoms with Gasteiger partial charge in [-0.2, -0.15) is 4.39 Å². The first-order chi connectivity index (χ1) is 9.06. The molecule has 0 aliphatic carbocycles. The van der Waals surface area contributed by atoms with Gasteiger partial charge in [0.25, 0.3) is 0 Å². The lowest BCUT2D eigenvalue weighted by Gasteiger charge is -2.01. The number of aryl methyl sites for hydroxylation is 2. The number of benzene rings is 2. The lowest BCUT2D eigenvalue weighted by molar-refractivity contribution is 0.653. The van der Waals surface area contributed by atoms with Crippen molar-refractivity contribution >= 4 is 16.9 Å². The summed E-state index contributed by atoms with van der Waals surface area (Å²) >= 11 is 0. The molecule has 0 aliphatic heterocycles. The van der Waals surface area contributed by atoms with Crippen LogP contribution in [0.25, 0.3) is 6.08 Å². The standard InChI is InChI=1S/C16H15FOS/c1-12-3-7-14(8-4-12)11-16(17)19(18)15-9-5-13(2)6-10-15/h3-11H,1-2H3/b16-11+. The molecule has 1 unspecified atom stereocenters. The van der Waals surface area contributed by atoms with Gasteiger partial charge < -0.3 is 0 Å². The van der Waals surface area contributed by atoms with Crippen LogP contribution in [-0.2, 0) is 10.8 Å². The van der Waals surface area contributed by atoms with Crippen molar-refractivity contribution < 1.29 is 8.60 Å². The summed E-state index contributed by atoms with van der Waals surface area (Å²) in [5.41, 5.74) is 2.88. The van der Waals surface area contributed by atoms with Crippen LogP contribution in [-0.4, -0.2) is 4.21 Å². The maximum atomic E-state index is 13.9. The third-order valence-corrected chi connectivity index (χ3v) is 3.94. The van der Waals surface area contributed by atoms with E-state index in [9.17, 15) is 8.60 Å². The highest BCUT2D eigenvalue weighted by molar-refractivity contribution is 7.89. The number of hydrogen-bond donors (Lipinski definition) is 0. The zero-order chi connectivity index (χ0) is 13.8. The second-order valence-corrected chi connectivity index (χ2v) is 5.84. The van der Waals surface area contributed by atoms with Crippen LogP contribution in [0.3, 0.4) is 0 Å². The van der Waals surface area contributed by atoms with Crippen LogP contribution in [0.4, 0.5) is 4.39 Å². The van der Waals surface area contributed by atoms with Crippen molar-refractivity contribution in [2.75, 3.05) is 0 Å². The Morgan fingerprint density at radius 3 is 1.95 bits per heavy atom. The molecule has 0 N–H and O–H groups in total. The Balaban J connectivity index is 2.23. The first kappa shape index (κ1) is 13.7. The van der Waals surface area contributed by atoms with Gasteiger partial charge in [0.05, 0.1) is 0 Å². The summed E-state index contributed by atoms with van der Waals surface area (Å²) in [5, 5.41) is -0.632. The highest BCUT2D eigenvalue weighted by atomic mass is 32.2. The van der Waals surface area contributed by atoms with Gasteiger partial charge in [-0.25, -0.2) is 4.21 Å². The zero-order valence-corrected chi connectivity index (χ0v) is 11.7. The van der Waals surface area contributed by atoms with E-state index in [-0.39, 0.29) is 0 Å². The largest absolute Gasteiger partial charge is 0.247 e. The monoisotopic (exact) mass is 274 g/mol. The minimum Gasteiger partial charge on any atom is -0.247 e. The van der Waals surface area contributed by atoms with Gasteiger partial charge in [-0.1, -0.05) is 47.5 Å². The number of halogens is 1. The van der Waals surface area contributed by atoms with Crippen molar-refractivity contribution in [2.45, 2.75) is 18.7 Å². The van der Waals surface area contributed by atoms with E-state index in [4.69, 9.17) is 0 Å². The van der Waals surface area contributed by atoms with Crippen LogP contribution in [0.15, 0.2) is 58.6 Å². The minimum absolute atomic E-state index is 0.478. The van der Waals surface area contributed by atoms with Crippen molar-refractivity contribution in [3.63, 3.8) is 0 Å². The fraction of sp³-hybridized carbons (Fsp3) is 0.125. The molecule has 0 heterocycles. The summed E-state index contributed by atoms with van der Waals surface area (Å²) in [6.07, 6.45) is 1.31. The first-order valence-corrected chi connectivity index (χ1v) is 7.13. The molecule has 2 rings (SSSR count). The second-order valence-electron chi connectivity index (χ2n) is 4.44. The molecule has 0 bridgehead atoms. The van der Waals surface area contributed by atoms with Gasteiger partial charge in [0.15, 0.2) is 5.16 Å². The normalized spacial score (nSPS) is 13.3. The molecule has 2 aromatic carbocycles. The second kappa shape index (κ2) is 5.93. The van der Waals surface area contributed by atoms with Gasteiger partial charge in [0, 0.05) is 4.90 Å². The minimum atomic E-state index is -1.75. The van der Waals surface area contributed by atoms with Gasteiger partial charge in [-0.15, -0.1) is 0 Å². The van der Waals surface area contributed by atoms with Gasteiger partial charge in [-0.05, 0) is 37.6 Å². The molecule has 0 aromatic heterocycles. The van der Waals surface area contributed by atoms with Gasteiger partial charge in [-0.3, -0.25) is 0 Å². The van der Waals surface area contributed by atoms with E-state index in [2.05, 4.69) is 0 Å².